The molecule has 0 bridgehead atoms. The van der Waals surface area contributed by atoms with Crippen LogP contribution in [0.4, 0.5) is 4.39 Å². The van der Waals surface area contributed by atoms with Crippen molar-refractivity contribution in [1.29, 1.82) is 0 Å². The average molecular weight is 419 g/mol. The molecule has 3 nitrogen and oxygen atoms in total. The Morgan fingerprint density at radius 1 is 0.958 bits per heavy atom. The van der Waals surface area contributed by atoms with Crippen LogP contribution >= 0.6 is 28.3 Å². The van der Waals surface area contributed by atoms with Gasteiger partial charge in [0.2, 0.25) is 0 Å². The molecule has 24 heavy (non-hydrogen) atoms. The molecular weight excluding hydrogens is 397 g/mol. The van der Waals surface area contributed by atoms with E-state index >= 15 is 0 Å². The van der Waals surface area contributed by atoms with E-state index in [1.807, 2.05) is 26.0 Å². The fourth-order valence-electron chi connectivity index (χ4n) is 2.22. The predicted molar refractivity (Wildman–Crippen MR) is 101 cm³/mol. The maximum atomic E-state index is 12.9. The van der Waals surface area contributed by atoms with Crippen LogP contribution in [-0.2, 0) is 13.1 Å². The van der Waals surface area contributed by atoms with Crippen molar-refractivity contribution in [2.45, 2.75) is 26.9 Å². The molecule has 2 rings (SSSR count). The van der Waals surface area contributed by atoms with Crippen LogP contribution in [0.1, 0.15) is 25.0 Å². The molecule has 0 amide bonds. The Bertz CT molecular complexity index is 638. The second-order valence-electron chi connectivity index (χ2n) is 5.00. The third kappa shape index (κ3) is 5.96. The Labute approximate surface area is 157 Å². The first-order valence-corrected chi connectivity index (χ1v) is 8.46. The zero-order valence-electron chi connectivity index (χ0n) is 13.8. The number of halogens is 3. The smallest absolute Gasteiger partial charge is 0.175 e. The standard InChI is InChI=1S/C18H21BrFNO2.ClH/c1-3-22-17-10-14(9-16(19)18(17)23-4-2)12-21-11-13-5-7-15(20)8-6-13;/h5-10,21H,3-4,11-12H2,1-2H3;1H. The van der Waals surface area contributed by atoms with Gasteiger partial charge in [-0.1, -0.05) is 12.1 Å². The van der Waals surface area contributed by atoms with Gasteiger partial charge < -0.3 is 14.8 Å². The summed E-state index contributed by atoms with van der Waals surface area (Å²) in [5.74, 6) is 1.25. The second-order valence-corrected chi connectivity index (χ2v) is 5.86. The quantitative estimate of drug-likeness (QED) is 0.647. The number of ether oxygens (including phenoxy) is 2. The van der Waals surface area contributed by atoms with Gasteiger partial charge in [0.25, 0.3) is 0 Å². The summed E-state index contributed by atoms with van der Waals surface area (Å²) in [4.78, 5) is 0. The summed E-state index contributed by atoms with van der Waals surface area (Å²) in [5.41, 5.74) is 2.13. The fraction of sp³-hybridized carbons (Fsp3) is 0.333. The van der Waals surface area contributed by atoms with Gasteiger partial charge in [-0.05, 0) is 65.2 Å². The van der Waals surface area contributed by atoms with Gasteiger partial charge in [0.05, 0.1) is 17.7 Å². The number of benzene rings is 2. The Balaban J connectivity index is 0.00000288. The van der Waals surface area contributed by atoms with Gasteiger partial charge in [-0.15, -0.1) is 12.4 Å². The summed E-state index contributed by atoms with van der Waals surface area (Å²) in [6.45, 7) is 6.42. The SMILES string of the molecule is CCOc1cc(CNCc2ccc(F)cc2)cc(Br)c1OCC.Cl. The van der Waals surface area contributed by atoms with Gasteiger partial charge in [-0.2, -0.15) is 0 Å². The Kier molecular flexibility index (Phi) is 9.11. The van der Waals surface area contributed by atoms with Gasteiger partial charge in [0, 0.05) is 13.1 Å². The number of hydrogen-bond donors (Lipinski definition) is 1. The number of nitrogens with one attached hydrogen (secondary N) is 1. The molecule has 0 radical (unpaired) electrons. The molecule has 0 aliphatic heterocycles. The molecule has 0 heterocycles. The molecule has 0 fully saturated rings. The maximum Gasteiger partial charge on any atom is 0.175 e. The largest absolute Gasteiger partial charge is 0.490 e. The lowest BCUT2D eigenvalue weighted by molar-refractivity contribution is 0.286. The number of rotatable bonds is 8. The zero-order chi connectivity index (χ0) is 16.7. The molecule has 2 aromatic carbocycles. The third-order valence-electron chi connectivity index (χ3n) is 3.23. The van der Waals surface area contributed by atoms with E-state index in [0.717, 1.165) is 27.1 Å². The lowest BCUT2D eigenvalue weighted by atomic mass is 10.2. The molecule has 132 valence electrons. The first kappa shape index (κ1) is 20.7. The minimum Gasteiger partial charge on any atom is -0.490 e. The van der Waals surface area contributed by atoms with E-state index in [1.165, 1.54) is 12.1 Å². The summed E-state index contributed by atoms with van der Waals surface area (Å²) >= 11 is 3.54. The monoisotopic (exact) mass is 417 g/mol. The normalized spacial score (nSPS) is 10.2. The summed E-state index contributed by atoms with van der Waals surface area (Å²) in [7, 11) is 0. The van der Waals surface area contributed by atoms with Gasteiger partial charge >= 0.3 is 0 Å². The van der Waals surface area contributed by atoms with E-state index in [-0.39, 0.29) is 18.2 Å². The van der Waals surface area contributed by atoms with Crippen LogP contribution in [0.5, 0.6) is 11.5 Å². The lowest BCUT2D eigenvalue weighted by Crippen LogP contribution is -2.13. The molecule has 1 N–H and O–H groups in total. The average Bonchev–Trinajstić information content (AvgIpc) is 2.53. The van der Waals surface area contributed by atoms with Crippen LogP contribution in [0.25, 0.3) is 0 Å². The first-order valence-electron chi connectivity index (χ1n) is 7.67. The van der Waals surface area contributed by atoms with Crippen LogP contribution < -0.4 is 14.8 Å². The summed E-state index contributed by atoms with van der Waals surface area (Å²) in [6, 6.07) is 10.5. The minimum atomic E-state index is -0.217. The van der Waals surface area contributed by atoms with Crippen LogP contribution in [0.15, 0.2) is 40.9 Å². The van der Waals surface area contributed by atoms with Crippen molar-refractivity contribution in [3.05, 3.63) is 57.8 Å². The molecule has 0 spiro atoms. The zero-order valence-corrected chi connectivity index (χ0v) is 16.2. The van der Waals surface area contributed by atoms with Gasteiger partial charge in [-0.3, -0.25) is 0 Å². The van der Waals surface area contributed by atoms with Crippen molar-refractivity contribution in [1.82, 2.24) is 5.32 Å². The molecule has 0 saturated heterocycles. The van der Waals surface area contributed by atoms with Crippen LogP contribution in [0.3, 0.4) is 0 Å². The van der Waals surface area contributed by atoms with Crippen molar-refractivity contribution >= 4 is 28.3 Å². The van der Waals surface area contributed by atoms with Gasteiger partial charge in [-0.25, -0.2) is 4.39 Å². The highest BCUT2D eigenvalue weighted by atomic mass is 79.9. The van der Waals surface area contributed by atoms with Crippen molar-refractivity contribution in [2.24, 2.45) is 0 Å². The molecule has 0 aliphatic rings. The molecule has 0 saturated carbocycles. The fourth-order valence-corrected chi connectivity index (χ4v) is 2.83. The second kappa shape index (κ2) is 10.5. The Morgan fingerprint density at radius 2 is 1.58 bits per heavy atom. The number of hydrogen-bond acceptors (Lipinski definition) is 3. The minimum absolute atomic E-state index is 0. The third-order valence-corrected chi connectivity index (χ3v) is 3.82. The molecule has 0 aliphatic carbocycles. The summed E-state index contributed by atoms with van der Waals surface area (Å²) < 4.78 is 25.1. The van der Waals surface area contributed by atoms with Crippen molar-refractivity contribution in [2.75, 3.05) is 13.2 Å². The van der Waals surface area contributed by atoms with E-state index in [1.54, 1.807) is 12.1 Å². The highest BCUT2D eigenvalue weighted by Gasteiger charge is 2.11. The van der Waals surface area contributed by atoms with Crippen molar-refractivity contribution in [3.8, 4) is 11.5 Å². The van der Waals surface area contributed by atoms with Crippen molar-refractivity contribution in [3.63, 3.8) is 0 Å². The molecule has 2 aromatic rings. The van der Waals surface area contributed by atoms with Crippen LogP contribution in [0, 0.1) is 5.82 Å². The Morgan fingerprint density at radius 3 is 2.21 bits per heavy atom. The van der Waals surface area contributed by atoms with Crippen LogP contribution in [-0.4, -0.2) is 13.2 Å². The Hall–Kier alpha value is -1.30. The van der Waals surface area contributed by atoms with Gasteiger partial charge in [0.1, 0.15) is 5.82 Å². The topological polar surface area (TPSA) is 30.5 Å². The maximum absolute atomic E-state index is 12.9. The van der Waals surface area contributed by atoms with E-state index in [2.05, 4.69) is 21.2 Å². The first-order chi connectivity index (χ1) is 11.1. The lowest BCUT2D eigenvalue weighted by Gasteiger charge is -2.15. The van der Waals surface area contributed by atoms with E-state index in [9.17, 15) is 4.39 Å². The molecule has 0 aromatic heterocycles. The molecular formula is C18H22BrClFNO2. The highest BCUT2D eigenvalue weighted by Crippen LogP contribution is 2.36. The highest BCUT2D eigenvalue weighted by molar-refractivity contribution is 9.10. The van der Waals surface area contributed by atoms with E-state index < -0.39 is 0 Å². The molecule has 0 atom stereocenters. The summed E-state index contributed by atoms with van der Waals surface area (Å²) in [6.07, 6.45) is 0. The predicted octanol–water partition coefficient (Wildman–Crippen LogP) is 5.10. The van der Waals surface area contributed by atoms with Crippen molar-refractivity contribution < 1.29 is 13.9 Å². The molecule has 0 unspecified atom stereocenters. The van der Waals surface area contributed by atoms with E-state index in [4.69, 9.17) is 9.47 Å². The summed E-state index contributed by atoms with van der Waals surface area (Å²) in [5, 5.41) is 3.35. The van der Waals surface area contributed by atoms with E-state index in [0.29, 0.717) is 26.3 Å². The molecule has 6 heteroatoms. The van der Waals surface area contributed by atoms with Gasteiger partial charge in [0.15, 0.2) is 11.5 Å². The van der Waals surface area contributed by atoms with Crippen LogP contribution in [0.2, 0.25) is 0 Å².